The van der Waals surface area contributed by atoms with Crippen LogP contribution in [0.4, 0.5) is 5.13 Å². The molecular weight excluding hydrogens is 250 g/mol. The van der Waals surface area contributed by atoms with E-state index in [0.29, 0.717) is 11.7 Å². The molecule has 0 spiro atoms. The van der Waals surface area contributed by atoms with E-state index in [2.05, 4.69) is 9.97 Å². The van der Waals surface area contributed by atoms with Gasteiger partial charge in [0.2, 0.25) is 0 Å². The Labute approximate surface area is 109 Å². The predicted molar refractivity (Wildman–Crippen MR) is 70.2 cm³/mol. The zero-order chi connectivity index (χ0) is 13.1. The lowest BCUT2D eigenvalue weighted by Crippen LogP contribution is -2.16. The smallest absolute Gasteiger partial charge is 0.355 e. The number of nitrogens with zero attached hydrogens (tertiary/aromatic N) is 3. The Kier molecular flexibility index (Phi) is 3.57. The summed E-state index contributed by atoms with van der Waals surface area (Å²) in [5.74, 6) is -0.979. The van der Waals surface area contributed by atoms with Gasteiger partial charge in [0.1, 0.15) is 0 Å². The second kappa shape index (κ2) is 5.14. The Bertz CT molecular complexity index is 554. The van der Waals surface area contributed by atoms with Crippen LogP contribution in [0, 0.1) is 6.92 Å². The van der Waals surface area contributed by atoms with E-state index in [-0.39, 0.29) is 5.69 Å². The molecule has 6 heteroatoms. The number of thiazole rings is 1. The average Bonchev–Trinajstić information content (AvgIpc) is 2.73. The molecule has 0 saturated carbocycles. The van der Waals surface area contributed by atoms with Crippen LogP contribution in [0.5, 0.6) is 0 Å². The highest BCUT2D eigenvalue weighted by atomic mass is 32.1. The van der Waals surface area contributed by atoms with E-state index >= 15 is 0 Å². The fraction of sp³-hybridized carbons (Fsp3) is 0.250. The van der Waals surface area contributed by atoms with E-state index in [1.165, 1.54) is 11.3 Å². The Morgan fingerprint density at radius 3 is 2.67 bits per heavy atom. The van der Waals surface area contributed by atoms with Crippen LogP contribution in [0.25, 0.3) is 0 Å². The number of aryl methyl sites for hydroxylation is 1. The molecule has 5 nitrogen and oxygen atoms in total. The van der Waals surface area contributed by atoms with Crippen LogP contribution in [-0.4, -0.2) is 28.1 Å². The number of carboxylic acid groups (broad SMARTS) is 1. The Balaban J connectivity index is 2.17. The van der Waals surface area contributed by atoms with Crippen molar-refractivity contribution in [1.29, 1.82) is 0 Å². The summed E-state index contributed by atoms with van der Waals surface area (Å²) in [6.45, 7) is 2.44. The summed E-state index contributed by atoms with van der Waals surface area (Å²) < 4.78 is 0. The molecule has 0 aliphatic heterocycles. The molecule has 2 aromatic rings. The number of aromatic carboxylic acids is 1. The lowest BCUT2D eigenvalue weighted by molar-refractivity contribution is 0.0690. The maximum atomic E-state index is 10.9. The van der Waals surface area contributed by atoms with Crippen LogP contribution in [0.3, 0.4) is 0 Å². The molecule has 2 rings (SSSR count). The summed E-state index contributed by atoms with van der Waals surface area (Å²) in [6.07, 6.45) is 3.47. The second-order valence-electron chi connectivity index (χ2n) is 3.92. The van der Waals surface area contributed by atoms with E-state index in [0.717, 1.165) is 10.4 Å². The van der Waals surface area contributed by atoms with Crippen molar-refractivity contribution in [3.05, 3.63) is 40.7 Å². The first-order valence-corrected chi connectivity index (χ1v) is 6.20. The van der Waals surface area contributed by atoms with Gasteiger partial charge in [-0.05, 0) is 24.6 Å². The molecule has 1 N–H and O–H groups in total. The first-order chi connectivity index (χ1) is 8.58. The van der Waals surface area contributed by atoms with E-state index in [1.54, 1.807) is 19.3 Å². The third-order valence-electron chi connectivity index (χ3n) is 2.48. The average molecular weight is 263 g/mol. The van der Waals surface area contributed by atoms with Crippen LogP contribution >= 0.6 is 11.3 Å². The summed E-state index contributed by atoms with van der Waals surface area (Å²) in [6, 6.07) is 3.85. The van der Waals surface area contributed by atoms with Gasteiger partial charge in [-0.15, -0.1) is 11.3 Å². The molecule has 0 fully saturated rings. The second-order valence-corrected chi connectivity index (χ2v) is 5.10. The van der Waals surface area contributed by atoms with Crippen molar-refractivity contribution in [2.24, 2.45) is 0 Å². The summed E-state index contributed by atoms with van der Waals surface area (Å²) in [7, 11) is 1.89. The fourth-order valence-electron chi connectivity index (χ4n) is 1.57. The van der Waals surface area contributed by atoms with Crippen LogP contribution in [0.15, 0.2) is 24.5 Å². The molecule has 18 heavy (non-hydrogen) atoms. The van der Waals surface area contributed by atoms with E-state index < -0.39 is 5.97 Å². The molecule has 0 saturated heterocycles. The van der Waals surface area contributed by atoms with Crippen molar-refractivity contribution in [3.63, 3.8) is 0 Å². The molecule has 0 atom stereocenters. The first kappa shape index (κ1) is 12.5. The molecule has 0 aromatic carbocycles. The largest absolute Gasteiger partial charge is 0.476 e. The first-order valence-electron chi connectivity index (χ1n) is 5.38. The van der Waals surface area contributed by atoms with Gasteiger partial charge in [-0.1, -0.05) is 0 Å². The zero-order valence-corrected chi connectivity index (χ0v) is 10.9. The van der Waals surface area contributed by atoms with Gasteiger partial charge < -0.3 is 10.0 Å². The Morgan fingerprint density at radius 2 is 2.11 bits per heavy atom. The molecule has 94 valence electrons. The minimum absolute atomic E-state index is 0.136. The van der Waals surface area contributed by atoms with E-state index in [4.69, 9.17) is 5.11 Å². The van der Waals surface area contributed by atoms with Gasteiger partial charge in [0.15, 0.2) is 10.8 Å². The predicted octanol–water partition coefficient (Wildman–Crippen LogP) is 2.18. The molecule has 0 amide bonds. The van der Waals surface area contributed by atoms with Gasteiger partial charge in [-0.2, -0.15) is 0 Å². The molecule has 0 aliphatic rings. The van der Waals surface area contributed by atoms with Gasteiger partial charge in [0, 0.05) is 30.9 Å². The highest BCUT2D eigenvalue weighted by Gasteiger charge is 2.16. The van der Waals surface area contributed by atoms with Gasteiger partial charge >= 0.3 is 5.97 Å². The lowest BCUT2D eigenvalue weighted by Gasteiger charge is -2.15. The minimum Gasteiger partial charge on any atom is -0.476 e. The normalized spacial score (nSPS) is 10.3. The van der Waals surface area contributed by atoms with Gasteiger partial charge in [0.25, 0.3) is 0 Å². The number of hydrogen-bond acceptors (Lipinski definition) is 5. The van der Waals surface area contributed by atoms with Crippen molar-refractivity contribution in [2.75, 3.05) is 11.9 Å². The fourth-order valence-corrected chi connectivity index (χ4v) is 2.43. The number of aromatic nitrogens is 2. The highest BCUT2D eigenvalue weighted by Crippen LogP contribution is 2.25. The summed E-state index contributed by atoms with van der Waals surface area (Å²) in [4.78, 5) is 21.7. The van der Waals surface area contributed by atoms with Crippen LogP contribution in [-0.2, 0) is 6.54 Å². The van der Waals surface area contributed by atoms with Gasteiger partial charge in [-0.3, -0.25) is 4.98 Å². The highest BCUT2D eigenvalue weighted by molar-refractivity contribution is 7.15. The van der Waals surface area contributed by atoms with Crippen molar-refractivity contribution >= 4 is 22.4 Å². The van der Waals surface area contributed by atoms with E-state index in [9.17, 15) is 4.79 Å². The van der Waals surface area contributed by atoms with Crippen molar-refractivity contribution < 1.29 is 9.90 Å². The monoisotopic (exact) mass is 263 g/mol. The minimum atomic E-state index is -0.979. The third kappa shape index (κ3) is 2.65. The lowest BCUT2D eigenvalue weighted by atomic mass is 10.2. The van der Waals surface area contributed by atoms with Crippen molar-refractivity contribution in [3.8, 4) is 0 Å². The van der Waals surface area contributed by atoms with Crippen LogP contribution in [0.1, 0.15) is 20.9 Å². The Hall–Kier alpha value is -1.95. The number of hydrogen-bond donors (Lipinski definition) is 1. The SMILES string of the molecule is Cc1sc(N(C)Cc2ccncc2)nc1C(=O)O. The molecule has 2 aromatic heterocycles. The molecule has 2 heterocycles. The van der Waals surface area contributed by atoms with Crippen LogP contribution < -0.4 is 4.90 Å². The Morgan fingerprint density at radius 1 is 1.44 bits per heavy atom. The van der Waals surface area contributed by atoms with E-state index in [1.807, 2.05) is 24.1 Å². The molecule has 0 unspecified atom stereocenters. The third-order valence-corrected chi connectivity index (χ3v) is 3.57. The number of rotatable bonds is 4. The number of carbonyl (C=O) groups is 1. The van der Waals surface area contributed by atoms with Gasteiger partial charge in [-0.25, -0.2) is 9.78 Å². The zero-order valence-electron chi connectivity index (χ0n) is 10.1. The summed E-state index contributed by atoms with van der Waals surface area (Å²) in [5.41, 5.74) is 1.24. The summed E-state index contributed by atoms with van der Waals surface area (Å²) in [5, 5.41) is 9.68. The number of pyridine rings is 1. The quantitative estimate of drug-likeness (QED) is 0.915. The topological polar surface area (TPSA) is 66.3 Å². The molecule has 0 bridgehead atoms. The standard InChI is InChI=1S/C12H13N3O2S/c1-8-10(11(16)17)14-12(18-8)15(2)7-9-3-5-13-6-4-9/h3-6H,7H2,1-2H3,(H,16,17). The van der Waals surface area contributed by atoms with Crippen molar-refractivity contribution in [1.82, 2.24) is 9.97 Å². The van der Waals surface area contributed by atoms with Gasteiger partial charge in [0.05, 0.1) is 0 Å². The maximum absolute atomic E-state index is 10.9. The van der Waals surface area contributed by atoms with Crippen LogP contribution in [0.2, 0.25) is 0 Å². The molecule has 0 radical (unpaired) electrons. The summed E-state index contributed by atoms with van der Waals surface area (Å²) >= 11 is 1.39. The van der Waals surface area contributed by atoms with Crippen molar-refractivity contribution in [2.45, 2.75) is 13.5 Å². The molecular formula is C12H13N3O2S. The molecule has 0 aliphatic carbocycles. The number of carboxylic acids is 1. The maximum Gasteiger partial charge on any atom is 0.355 e. The number of anilines is 1.